The molecule has 24 heavy (non-hydrogen) atoms. The Balaban J connectivity index is 1.60. The number of amides is 1. The second-order valence-corrected chi connectivity index (χ2v) is 6.24. The number of nitrogens with zero attached hydrogens (tertiary/aromatic N) is 3. The Hall–Kier alpha value is -2.76. The van der Waals surface area contributed by atoms with Crippen molar-refractivity contribution < 1.29 is 9.32 Å². The molecule has 1 amide bonds. The van der Waals surface area contributed by atoms with Gasteiger partial charge in [-0.1, -0.05) is 16.8 Å². The Labute approximate surface area is 139 Å². The second kappa shape index (κ2) is 6.03. The molecule has 1 aliphatic carbocycles. The summed E-state index contributed by atoms with van der Waals surface area (Å²) in [5.74, 6) is 1.00. The normalized spacial score (nSPS) is 14.0. The SMILES string of the molecule is Cc1ccc2nc(C3CC3)cc(C(=O)NCCc3ncon3)c2c1. The third kappa shape index (κ3) is 2.99. The van der Waals surface area contributed by atoms with Crippen molar-refractivity contribution in [2.75, 3.05) is 6.54 Å². The van der Waals surface area contributed by atoms with Crippen molar-refractivity contribution in [2.24, 2.45) is 0 Å². The number of benzene rings is 1. The minimum atomic E-state index is -0.0848. The summed E-state index contributed by atoms with van der Waals surface area (Å²) in [6.07, 6.45) is 4.14. The van der Waals surface area contributed by atoms with Crippen LogP contribution in [0.4, 0.5) is 0 Å². The maximum absolute atomic E-state index is 12.7. The van der Waals surface area contributed by atoms with Gasteiger partial charge in [-0.3, -0.25) is 9.78 Å². The highest BCUT2D eigenvalue weighted by molar-refractivity contribution is 6.06. The van der Waals surface area contributed by atoms with Crippen molar-refractivity contribution in [1.82, 2.24) is 20.4 Å². The number of hydrogen-bond acceptors (Lipinski definition) is 5. The van der Waals surface area contributed by atoms with Gasteiger partial charge in [-0.25, -0.2) is 0 Å². The third-order valence-electron chi connectivity index (χ3n) is 4.27. The molecule has 4 rings (SSSR count). The van der Waals surface area contributed by atoms with E-state index in [1.165, 1.54) is 6.39 Å². The first-order valence-corrected chi connectivity index (χ1v) is 8.15. The van der Waals surface area contributed by atoms with E-state index in [4.69, 9.17) is 9.51 Å². The monoisotopic (exact) mass is 322 g/mol. The van der Waals surface area contributed by atoms with Gasteiger partial charge in [0.1, 0.15) is 0 Å². The fourth-order valence-corrected chi connectivity index (χ4v) is 2.82. The summed E-state index contributed by atoms with van der Waals surface area (Å²) in [5, 5.41) is 7.59. The van der Waals surface area contributed by atoms with Gasteiger partial charge in [-0.05, 0) is 38.0 Å². The van der Waals surface area contributed by atoms with Crippen LogP contribution in [0.25, 0.3) is 10.9 Å². The molecule has 0 atom stereocenters. The topological polar surface area (TPSA) is 80.9 Å². The Morgan fingerprint density at radius 1 is 1.33 bits per heavy atom. The zero-order valence-electron chi connectivity index (χ0n) is 13.5. The molecule has 0 unspecified atom stereocenters. The predicted octanol–water partition coefficient (Wildman–Crippen LogP) is 2.78. The van der Waals surface area contributed by atoms with E-state index in [9.17, 15) is 4.79 Å². The predicted molar refractivity (Wildman–Crippen MR) is 88.8 cm³/mol. The zero-order valence-corrected chi connectivity index (χ0v) is 13.5. The van der Waals surface area contributed by atoms with E-state index in [0.29, 0.717) is 30.3 Å². The second-order valence-electron chi connectivity index (χ2n) is 6.24. The minimum absolute atomic E-state index is 0.0848. The van der Waals surface area contributed by atoms with Crippen LogP contribution < -0.4 is 5.32 Å². The molecule has 1 N–H and O–H groups in total. The van der Waals surface area contributed by atoms with Crippen LogP contribution in [0.2, 0.25) is 0 Å². The van der Waals surface area contributed by atoms with Crippen molar-refractivity contribution in [3.8, 4) is 0 Å². The number of hydrogen-bond donors (Lipinski definition) is 1. The van der Waals surface area contributed by atoms with E-state index in [1.54, 1.807) is 0 Å². The molecule has 6 nitrogen and oxygen atoms in total. The van der Waals surface area contributed by atoms with Crippen molar-refractivity contribution >= 4 is 16.8 Å². The standard InChI is InChI=1S/C18H18N4O2/c1-11-2-5-15-13(8-11)14(9-16(21-15)12-3-4-12)18(23)19-7-6-17-20-10-24-22-17/h2,5,8-10,12H,3-4,6-7H2,1H3,(H,19,23). The number of pyridine rings is 1. The summed E-state index contributed by atoms with van der Waals surface area (Å²) in [6.45, 7) is 2.49. The molecule has 1 aliphatic rings. The van der Waals surface area contributed by atoms with Gasteiger partial charge in [-0.15, -0.1) is 0 Å². The van der Waals surface area contributed by atoms with Crippen LogP contribution in [0, 0.1) is 6.92 Å². The zero-order chi connectivity index (χ0) is 16.5. The van der Waals surface area contributed by atoms with Crippen molar-refractivity contribution in [2.45, 2.75) is 32.1 Å². The van der Waals surface area contributed by atoms with E-state index in [1.807, 2.05) is 31.2 Å². The fourth-order valence-electron chi connectivity index (χ4n) is 2.82. The number of aryl methyl sites for hydroxylation is 1. The Morgan fingerprint density at radius 3 is 2.96 bits per heavy atom. The van der Waals surface area contributed by atoms with Gasteiger partial charge >= 0.3 is 0 Å². The Morgan fingerprint density at radius 2 is 2.21 bits per heavy atom. The molecule has 0 saturated heterocycles. The lowest BCUT2D eigenvalue weighted by atomic mass is 10.0. The van der Waals surface area contributed by atoms with Gasteiger partial charge < -0.3 is 9.84 Å². The fraction of sp³-hybridized carbons (Fsp3) is 0.333. The van der Waals surface area contributed by atoms with Gasteiger partial charge in [0.05, 0.1) is 11.1 Å². The Bertz CT molecular complexity index is 885. The van der Waals surface area contributed by atoms with Crippen LogP contribution in [-0.4, -0.2) is 27.6 Å². The molecule has 1 fully saturated rings. The van der Waals surface area contributed by atoms with Crippen LogP contribution in [0.5, 0.6) is 0 Å². The van der Waals surface area contributed by atoms with E-state index >= 15 is 0 Å². The lowest BCUT2D eigenvalue weighted by molar-refractivity contribution is 0.0955. The molecule has 2 aromatic heterocycles. The maximum Gasteiger partial charge on any atom is 0.252 e. The van der Waals surface area contributed by atoms with E-state index in [0.717, 1.165) is 35.0 Å². The summed E-state index contributed by atoms with van der Waals surface area (Å²) < 4.78 is 4.69. The van der Waals surface area contributed by atoms with Gasteiger partial charge in [0, 0.05) is 30.0 Å². The number of fused-ring (bicyclic) bond motifs is 1. The highest BCUT2D eigenvalue weighted by Gasteiger charge is 2.27. The first-order valence-electron chi connectivity index (χ1n) is 8.15. The number of aromatic nitrogens is 3. The highest BCUT2D eigenvalue weighted by Crippen LogP contribution is 2.40. The average Bonchev–Trinajstić information content (AvgIpc) is 3.31. The Kier molecular flexibility index (Phi) is 3.72. The quantitative estimate of drug-likeness (QED) is 0.781. The van der Waals surface area contributed by atoms with Gasteiger partial charge in [0.25, 0.3) is 5.91 Å². The highest BCUT2D eigenvalue weighted by atomic mass is 16.5. The maximum atomic E-state index is 12.7. The van der Waals surface area contributed by atoms with Crippen LogP contribution in [0.15, 0.2) is 35.2 Å². The molecule has 0 spiro atoms. The van der Waals surface area contributed by atoms with Crippen molar-refractivity contribution in [3.05, 3.63) is 53.3 Å². The molecule has 3 aromatic rings. The van der Waals surface area contributed by atoms with Gasteiger partial charge in [0.15, 0.2) is 5.82 Å². The number of nitrogens with one attached hydrogen (secondary N) is 1. The first-order chi connectivity index (χ1) is 11.7. The van der Waals surface area contributed by atoms with E-state index < -0.39 is 0 Å². The smallest absolute Gasteiger partial charge is 0.252 e. The molecular formula is C18H18N4O2. The van der Waals surface area contributed by atoms with E-state index in [-0.39, 0.29) is 5.91 Å². The lowest BCUT2D eigenvalue weighted by Gasteiger charge is -2.10. The van der Waals surface area contributed by atoms with Crippen LogP contribution in [0.3, 0.4) is 0 Å². The molecule has 1 aromatic carbocycles. The van der Waals surface area contributed by atoms with Crippen LogP contribution in [-0.2, 0) is 6.42 Å². The lowest BCUT2D eigenvalue weighted by Crippen LogP contribution is -2.26. The van der Waals surface area contributed by atoms with Crippen LogP contribution >= 0.6 is 0 Å². The van der Waals surface area contributed by atoms with Crippen LogP contribution in [0.1, 0.15) is 46.2 Å². The third-order valence-corrected chi connectivity index (χ3v) is 4.27. The van der Waals surface area contributed by atoms with Crippen molar-refractivity contribution in [1.29, 1.82) is 0 Å². The largest absolute Gasteiger partial charge is 0.352 e. The first kappa shape index (κ1) is 14.8. The summed E-state index contributed by atoms with van der Waals surface area (Å²) in [4.78, 5) is 21.4. The van der Waals surface area contributed by atoms with Gasteiger partial charge in [0.2, 0.25) is 6.39 Å². The molecule has 2 heterocycles. The number of carbonyl (C=O) groups excluding carboxylic acids is 1. The average molecular weight is 322 g/mol. The van der Waals surface area contributed by atoms with E-state index in [2.05, 4.69) is 15.5 Å². The molecule has 0 bridgehead atoms. The molecule has 0 aliphatic heterocycles. The summed E-state index contributed by atoms with van der Waals surface area (Å²) in [7, 11) is 0. The molecule has 1 saturated carbocycles. The molecule has 0 radical (unpaired) electrons. The van der Waals surface area contributed by atoms with Crippen molar-refractivity contribution in [3.63, 3.8) is 0 Å². The number of rotatable bonds is 5. The molecular weight excluding hydrogens is 304 g/mol. The minimum Gasteiger partial charge on any atom is -0.352 e. The summed E-state index contributed by atoms with van der Waals surface area (Å²) >= 11 is 0. The summed E-state index contributed by atoms with van der Waals surface area (Å²) in [6, 6.07) is 7.99. The summed E-state index contributed by atoms with van der Waals surface area (Å²) in [5.41, 5.74) is 3.71. The molecule has 6 heteroatoms. The number of carbonyl (C=O) groups is 1. The molecule has 122 valence electrons. The van der Waals surface area contributed by atoms with Gasteiger partial charge in [-0.2, -0.15) is 4.98 Å².